The zero-order chi connectivity index (χ0) is 15.0. The van der Waals surface area contributed by atoms with E-state index in [0.29, 0.717) is 0 Å². The van der Waals surface area contributed by atoms with Gasteiger partial charge in [0.1, 0.15) is 17.8 Å². The standard InChI is InChI=1S/C17H26O3/c1-5-6-7-8-9-17(2,13-18)14-10-15(19-3)12-16(11-14)20-4/h10-13H,5-9H2,1-4H3/t17-/m0/s1. The number of aldehydes is 1. The summed E-state index contributed by atoms with van der Waals surface area (Å²) in [6.07, 6.45) is 6.55. The highest BCUT2D eigenvalue weighted by atomic mass is 16.5. The molecule has 0 aliphatic rings. The first-order valence-electron chi connectivity index (χ1n) is 7.29. The first kappa shape index (κ1) is 16.5. The molecule has 0 saturated carbocycles. The molecule has 0 aliphatic carbocycles. The Kier molecular flexibility index (Phi) is 6.56. The van der Waals surface area contributed by atoms with E-state index in [9.17, 15) is 4.79 Å². The van der Waals surface area contributed by atoms with Crippen molar-refractivity contribution in [3.05, 3.63) is 23.8 Å². The van der Waals surface area contributed by atoms with Crippen molar-refractivity contribution in [3.8, 4) is 11.5 Å². The van der Waals surface area contributed by atoms with Crippen LogP contribution >= 0.6 is 0 Å². The molecule has 0 bridgehead atoms. The lowest BCUT2D eigenvalue weighted by atomic mass is 9.79. The number of carbonyl (C=O) groups is 1. The van der Waals surface area contributed by atoms with Crippen LogP contribution in [0.25, 0.3) is 0 Å². The Morgan fingerprint density at radius 2 is 1.65 bits per heavy atom. The summed E-state index contributed by atoms with van der Waals surface area (Å²) in [4.78, 5) is 11.6. The fourth-order valence-electron chi connectivity index (χ4n) is 2.33. The van der Waals surface area contributed by atoms with E-state index >= 15 is 0 Å². The van der Waals surface area contributed by atoms with Gasteiger partial charge in [-0.05, 0) is 31.0 Å². The maximum atomic E-state index is 11.6. The number of benzene rings is 1. The molecular formula is C17H26O3. The zero-order valence-electron chi connectivity index (χ0n) is 13.1. The van der Waals surface area contributed by atoms with Gasteiger partial charge in [-0.3, -0.25) is 0 Å². The summed E-state index contributed by atoms with van der Waals surface area (Å²) >= 11 is 0. The van der Waals surface area contributed by atoms with Gasteiger partial charge in [-0.2, -0.15) is 0 Å². The van der Waals surface area contributed by atoms with E-state index in [4.69, 9.17) is 9.47 Å². The second-order valence-electron chi connectivity index (χ2n) is 5.45. The third-order valence-corrected chi connectivity index (χ3v) is 3.82. The Bertz CT molecular complexity index is 406. The molecule has 0 heterocycles. The fourth-order valence-corrected chi connectivity index (χ4v) is 2.33. The molecule has 112 valence electrons. The van der Waals surface area contributed by atoms with Gasteiger partial charge in [0.15, 0.2) is 0 Å². The van der Waals surface area contributed by atoms with Crippen LogP contribution < -0.4 is 9.47 Å². The van der Waals surface area contributed by atoms with Crippen molar-refractivity contribution < 1.29 is 14.3 Å². The van der Waals surface area contributed by atoms with Crippen LogP contribution in [0.1, 0.15) is 51.5 Å². The number of unbranched alkanes of at least 4 members (excludes halogenated alkanes) is 3. The summed E-state index contributed by atoms with van der Waals surface area (Å²) in [5, 5.41) is 0. The maximum absolute atomic E-state index is 11.6. The highest BCUT2D eigenvalue weighted by molar-refractivity contribution is 5.69. The SMILES string of the molecule is CCCCCC[C@@](C)(C=O)c1cc(OC)cc(OC)c1. The van der Waals surface area contributed by atoms with Crippen LogP contribution in [0.5, 0.6) is 11.5 Å². The minimum atomic E-state index is -0.477. The van der Waals surface area contributed by atoms with Crippen molar-refractivity contribution in [2.75, 3.05) is 14.2 Å². The highest BCUT2D eigenvalue weighted by Gasteiger charge is 2.26. The van der Waals surface area contributed by atoms with Gasteiger partial charge in [0.05, 0.1) is 14.2 Å². The Labute approximate surface area is 122 Å². The van der Waals surface area contributed by atoms with E-state index in [0.717, 1.165) is 36.2 Å². The van der Waals surface area contributed by atoms with Gasteiger partial charge in [0.2, 0.25) is 0 Å². The van der Waals surface area contributed by atoms with E-state index in [1.165, 1.54) is 19.3 Å². The Balaban J connectivity index is 2.94. The summed E-state index contributed by atoms with van der Waals surface area (Å²) in [5.41, 5.74) is 0.482. The van der Waals surface area contributed by atoms with Gasteiger partial charge >= 0.3 is 0 Å². The molecule has 1 aromatic carbocycles. The molecule has 0 fully saturated rings. The van der Waals surface area contributed by atoms with Crippen molar-refractivity contribution >= 4 is 6.29 Å². The monoisotopic (exact) mass is 278 g/mol. The van der Waals surface area contributed by atoms with Crippen molar-refractivity contribution in [1.29, 1.82) is 0 Å². The van der Waals surface area contributed by atoms with Crippen LogP contribution in [0.4, 0.5) is 0 Å². The lowest BCUT2D eigenvalue weighted by Crippen LogP contribution is -2.24. The molecule has 0 amide bonds. The van der Waals surface area contributed by atoms with Crippen LogP contribution in [0, 0.1) is 0 Å². The van der Waals surface area contributed by atoms with E-state index in [1.54, 1.807) is 14.2 Å². The van der Waals surface area contributed by atoms with Gasteiger partial charge in [-0.15, -0.1) is 0 Å². The zero-order valence-corrected chi connectivity index (χ0v) is 13.1. The van der Waals surface area contributed by atoms with Crippen LogP contribution in [0.15, 0.2) is 18.2 Å². The van der Waals surface area contributed by atoms with Gasteiger partial charge in [-0.1, -0.05) is 32.6 Å². The molecule has 0 saturated heterocycles. The summed E-state index contributed by atoms with van der Waals surface area (Å²) < 4.78 is 10.6. The van der Waals surface area contributed by atoms with Crippen molar-refractivity contribution in [3.63, 3.8) is 0 Å². The van der Waals surface area contributed by atoms with Crippen LogP contribution in [0.2, 0.25) is 0 Å². The number of hydrogen-bond acceptors (Lipinski definition) is 3. The van der Waals surface area contributed by atoms with Crippen LogP contribution in [-0.4, -0.2) is 20.5 Å². The van der Waals surface area contributed by atoms with Crippen LogP contribution in [-0.2, 0) is 10.2 Å². The third-order valence-electron chi connectivity index (χ3n) is 3.82. The summed E-state index contributed by atoms with van der Waals surface area (Å²) in [5.74, 6) is 1.45. The molecule has 0 radical (unpaired) electrons. The van der Waals surface area contributed by atoms with E-state index in [1.807, 2.05) is 25.1 Å². The summed E-state index contributed by atoms with van der Waals surface area (Å²) in [6, 6.07) is 5.68. The molecule has 0 unspecified atom stereocenters. The van der Waals surface area contributed by atoms with Gasteiger partial charge in [0, 0.05) is 11.5 Å². The van der Waals surface area contributed by atoms with Gasteiger partial charge < -0.3 is 14.3 Å². The first-order chi connectivity index (χ1) is 9.59. The third kappa shape index (κ3) is 4.26. The van der Waals surface area contributed by atoms with Gasteiger partial charge in [-0.25, -0.2) is 0 Å². The van der Waals surface area contributed by atoms with Gasteiger partial charge in [0.25, 0.3) is 0 Å². The summed E-state index contributed by atoms with van der Waals surface area (Å²) in [7, 11) is 3.25. The Hall–Kier alpha value is -1.51. The number of carbonyl (C=O) groups excluding carboxylic acids is 1. The molecule has 0 spiro atoms. The average Bonchev–Trinajstić information content (AvgIpc) is 2.50. The summed E-state index contributed by atoms with van der Waals surface area (Å²) in [6.45, 7) is 4.17. The molecule has 0 N–H and O–H groups in total. The molecule has 1 rings (SSSR count). The lowest BCUT2D eigenvalue weighted by Gasteiger charge is -2.24. The quantitative estimate of drug-likeness (QED) is 0.503. The molecule has 3 heteroatoms. The maximum Gasteiger partial charge on any atom is 0.130 e. The van der Waals surface area contributed by atoms with E-state index < -0.39 is 5.41 Å². The highest BCUT2D eigenvalue weighted by Crippen LogP contribution is 2.33. The second kappa shape index (κ2) is 7.93. The van der Waals surface area contributed by atoms with Crippen molar-refractivity contribution in [2.24, 2.45) is 0 Å². The largest absolute Gasteiger partial charge is 0.497 e. The number of ether oxygens (including phenoxy) is 2. The molecule has 1 aromatic rings. The minimum absolute atomic E-state index is 0.477. The lowest BCUT2D eigenvalue weighted by molar-refractivity contribution is -0.112. The molecule has 0 aliphatic heterocycles. The average molecular weight is 278 g/mol. The second-order valence-corrected chi connectivity index (χ2v) is 5.45. The van der Waals surface area contributed by atoms with E-state index in [-0.39, 0.29) is 0 Å². The first-order valence-corrected chi connectivity index (χ1v) is 7.29. The predicted octanol–water partition coefficient (Wildman–Crippen LogP) is 4.13. The van der Waals surface area contributed by atoms with Crippen LogP contribution in [0.3, 0.4) is 0 Å². The molecule has 1 atom stereocenters. The molecular weight excluding hydrogens is 252 g/mol. The minimum Gasteiger partial charge on any atom is -0.497 e. The molecule has 0 aromatic heterocycles. The fraction of sp³-hybridized carbons (Fsp3) is 0.588. The topological polar surface area (TPSA) is 35.5 Å². The predicted molar refractivity (Wildman–Crippen MR) is 81.7 cm³/mol. The molecule has 20 heavy (non-hydrogen) atoms. The number of methoxy groups -OCH3 is 2. The van der Waals surface area contributed by atoms with Crippen molar-refractivity contribution in [2.45, 2.75) is 51.4 Å². The normalized spacial score (nSPS) is 13.6. The Morgan fingerprint density at radius 1 is 1.05 bits per heavy atom. The Morgan fingerprint density at radius 3 is 2.10 bits per heavy atom. The van der Waals surface area contributed by atoms with Crippen molar-refractivity contribution in [1.82, 2.24) is 0 Å². The number of hydrogen-bond donors (Lipinski definition) is 0. The number of rotatable bonds is 9. The molecule has 3 nitrogen and oxygen atoms in total. The smallest absolute Gasteiger partial charge is 0.130 e. The van der Waals surface area contributed by atoms with E-state index in [2.05, 4.69) is 6.92 Å².